The Kier molecular flexibility index (Phi) is 4.62. The molecule has 4 atom stereocenters. The fraction of sp³-hybridized carbons (Fsp3) is 0.520. The van der Waals surface area contributed by atoms with Crippen LogP contribution in [0.5, 0.6) is 0 Å². The number of rotatable bonds is 4. The molecule has 0 spiro atoms. The Hall–Kier alpha value is -3.07. The number of hydrogen-bond acceptors (Lipinski definition) is 4. The van der Waals surface area contributed by atoms with Crippen LogP contribution in [0.3, 0.4) is 0 Å². The Balaban J connectivity index is 1.34. The van der Waals surface area contributed by atoms with Gasteiger partial charge in [0, 0.05) is 50.0 Å². The molecule has 0 radical (unpaired) electrons. The van der Waals surface area contributed by atoms with Gasteiger partial charge in [0.2, 0.25) is 11.8 Å². The molecule has 1 saturated carbocycles. The number of urea groups is 2. The molecule has 4 fully saturated rings. The van der Waals surface area contributed by atoms with E-state index in [9.17, 15) is 19.2 Å². The molecule has 4 aliphatic rings. The predicted molar refractivity (Wildman–Crippen MR) is 129 cm³/mol. The van der Waals surface area contributed by atoms with Gasteiger partial charge in [-0.1, -0.05) is 17.7 Å². The Morgan fingerprint density at radius 2 is 1.57 bits per heavy atom. The molecule has 184 valence electrons. The molecular weight excluding hydrogens is 470 g/mol. The van der Waals surface area contributed by atoms with E-state index in [1.54, 1.807) is 30.7 Å². The molecule has 3 aliphatic heterocycles. The van der Waals surface area contributed by atoms with Crippen LogP contribution in [0.2, 0.25) is 5.02 Å². The normalized spacial score (nSPS) is 32.2. The van der Waals surface area contributed by atoms with E-state index in [2.05, 4.69) is 4.57 Å². The SMILES string of the molecule is CN1C(=O)N2CCCN3C(=O)N(CCCn4ccc5ccc(Cl)cc54)C4C1[C@](C)(C2=O)[C@]4(C)C3=O. The Bertz CT molecular complexity index is 1310. The van der Waals surface area contributed by atoms with Crippen LogP contribution in [0.15, 0.2) is 30.5 Å². The van der Waals surface area contributed by atoms with Crippen LogP contribution < -0.4 is 0 Å². The molecule has 4 bridgehead atoms. The molecule has 1 aromatic carbocycles. The second-order valence-corrected chi connectivity index (χ2v) is 10.9. The lowest BCUT2D eigenvalue weighted by atomic mass is 9.41. The van der Waals surface area contributed by atoms with Crippen molar-refractivity contribution in [3.05, 3.63) is 35.5 Å². The van der Waals surface area contributed by atoms with Crippen molar-refractivity contribution in [1.82, 2.24) is 24.2 Å². The van der Waals surface area contributed by atoms with Crippen molar-refractivity contribution in [3.8, 4) is 0 Å². The summed E-state index contributed by atoms with van der Waals surface area (Å²) in [5, 5.41) is 1.75. The third-order valence-corrected chi connectivity index (χ3v) is 9.23. The van der Waals surface area contributed by atoms with E-state index in [1.807, 2.05) is 30.5 Å². The van der Waals surface area contributed by atoms with E-state index in [0.29, 0.717) is 31.0 Å². The maximum Gasteiger partial charge on any atom is 0.327 e. The van der Waals surface area contributed by atoms with Crippen molar-refractivity contribution in [2.24, 2.45) is 10.8 Å². The summed E-state index contributed by atoms with van der Waals surface area (Å²) in [5.41, 5.74) is -1.14. The van der Waals surface area contributed by atoms with Crippen molar-refractivity contribution in [1.29, 1.82) is 0 Å². The van der Waals surface area contributed by atoms with Gasteiger partial charge < -0.3 is 14.4 Å². The number of carbonyl (C=O) groups is 4. The van der Waals surface area contributed by atoms with Crippen LogP contribution >= 0.6 is 11.6 Å². The molecule has 10 heteroatoms. The molecule has 2 aromatic rings. The molecule has 35 heavy (non-hydrogen) atoms. The third-order valence-electron chi connectivity index (χ3n) is 9.00. The zero-order chi connectivity index (χ0) is 24.9. The van der Waals surface area contributed by atoms with Crippen LogP contribution in [0, 0.1) is 10.8 Å². The molecule has 1 aliphatic carbocycles. The number of carbonyl (C=O) groups excluding carboxylic acids is 4. The largest absolute Gasteiger partial charge is 0.347 e. The Labute approximate surface area is 208 Å². The summed E-state index contributed by atoms with van der Waals surface area (Å²) >= 11 is 6.19. The molecule has 4 heterocycles. The molecular formula is C25H28ClN5O4. The van der Waals surface area contributed by atoms with Gasteiger partial charge in [-0.15, -0.1) is 0 Å². The van der Waals surface area contributed by atoms with Crippen LogP contribution in [-0.2, 0) is 16.1 Å². The maximum atomic E-state index is 13.7. The van der Waals surface area contributed by atoms with Gasteiger partial charge in [0.25, 0.3) is 0 Å². The number of halogens is 1. The lowest BCUT2D eigenvalue weighted by Crippen LogP contribution is -2.90. The predicted octanol–water partition coefficient (Wildman–Crippen LogP) is 3.01. The van der Waals surface area contributed by atoms with Gasteiger partial charge in [0.05, 0.1) is 22.9 Å². The maximum absolute atomic E-state index is 13.7. The van der Waals surface area contributed by atoms with Crippen molar-refractivity contribution >= 4 is 46.4 Å². The summed E-state index contributed by atoms with van der Waals surface area (Å²) in [6, 6.07) is 6.03. The van der Waals surface area contributed by atoms with E-state index in [1.165, 1.54) is 9.80 Å². The summed E-state index contributed by atoms with van der Waals surface area (Å²) in [5.74, 6) is -0.601. The number of likely N-dealkylation sites (N-methyl/N-ethyl adjacent to an activating group) is 1. The molecule has 0 N–H and O–H groups in total. The fourth-order valence-corrected chi connectivity index (χ4v) is 7.19. The van der Waals surface area contributed by atoms with E-state index >= 15 is 0 Å². The third kappa shape index (κ3) is 2.59. The minimum absolute atomic E-state index is 0.193. The first kappa shape index (κ1) is 22.4. The molecule has 2 unspecified atom stereocenters. The van der Waals surface area contributed by atoms with Gasteiger partial charge in [-0.2, -0.15) is 0 Å². The lowest BCUT2D eigenvalue weighted by Gasteiger charge is -2.72. The standard InChI is InChI=1S/C25H28ClN5O4/c1-24-18-19-25(24,2)21(33)31(12-5-11-30(20(24)32)22(34)27(18)3)23(35)29(19)10-4-9-28-13-8-15-6-7-16(26)14-17(15)28/h6-8,13-14,18-19H,4-5,9-12H2,1-3H3/t18?,19?,24-,25+/m1/s1. The number of amides is 6. The van der Waals surface area contributed by atoms with Crippen LogP contribution in [-0.4, -0.2) is 86.8 Å². The number of aromatic nitrogens is 1. The Morgan fingerprint density at radius 3 is 2.29 bits per heavy atom. The zero-order valence-electron chi connectivity index (χ0n) is 20.0. The summed E-state index contributed by atoms with van der Waals surface area (Å²) in [6.07, 6.45) is 3.02. The number of benzene rings is 1. The number of aryl methyl sites for hydroxylation is 1. The van der Waals surface area contributed by atoms with Crippen LogP contribution in [0.1, 0.15) is 26.7 Å². The van der Waals surface area contributed by atoms with Crippen molar-refractivity contribution < 1.29 is 19.2 Å². The summed E-state index contributed by atoms with van der Waals surface area (Å²) in [6.45, 7) is 5.06. The van der Waals surface area contributed by atoms with Gasteiger partial charge >= 0.3 is 12.1 Å². The van der Waals surface area contributed by atoms with E-state index in [4.69, 9.17) is 11.6 Å². The average molecular weight is 498 g/mol. The number of imide groups is 2. The van der Waals surface area contributed by atoms with E-state index < -0.39 is 22.9 Å². The lowest BCUT2D eigenvalue weighted by molar-refractivity contribution is -0.226. The smallest absolute Gasteiger partial charge is 0.327 e. The van der Waals surface area contributed by atoms with E-state index in [-0.39, 0.29) is 37.0 Å². The Morgan fingerprint density at radius 1 is 0.914 bits per heavy atom. The number of hydrogen-bond donors (Lipinski definition) is 0. The highest BCUT2D eigenvalue weighted by Gasteiger charge is 2.82. The van der Waals surface area contributed by atoms with Crippen molar-refractivity contribution in [2.75, 3.05) is 26.7 Å². The number of fused-ring (bicyclic) bond motifs is 4. The summed E-state index contributed by atoms with van der Waals surface area (Å²) in [4.78, 5) is 59.9. The van der Waals surface area contributed by atoms with Crippen LogP contribution in [0.4, 0.5) is 9.59 Å². The highest BCUT2D eigenvalue weighted by Crippen LogP contribution is 2.65. The monoisotopic (exact) mass is 497 g/mol. The minimum atomic E-state index is -1.09. The fourth-order valence-electron chi connectivity index (χ4n) is 7.03. The van der Waals surface area contributed by atoms with Crippen LogP contribution in [0.25, 0.3) is 10.9 Å². The minimum Gasteiger partial charge on any atom is -0.347 e. The first-order valence-electron chi connectivity index (χ1n) is 12.1. The van der Waals surface area contributed by atoms with Gasteiger partial charge in [-0.3, -0.25) is 19.4 Å². The molecule has 1 aromatic heterocycles. The highest BCUT2D eigenvalue weighted by atomic mass is 35.5. The summed E-state index contributed by atoms with van der Waals surface area (Å²) in [7, 11) is 1.68. The average Bonchev–Trinajstić information content (AvgIpc) is 3.22. The number of nitrogens with zero attached hydrogens (tertiary/aromatic N) is 5. The first-order chi connectivity index (χ1) is 16.6. The molecule has 6 rings (SSSR count). The second-order valence-electron chi connectivity index (χ2n) is 10.5. The quantitative estimate of drug-likeness (QED) is 0.649. The van der Waals surface area contributed by atoms with Gasteiger partial charge in [-0.05, 0) is 50.3 Å². The highest BCUT2D eigenvalue weighted by molar-refractivity contribution is 6.31. The van der Waals surface area contributed by atoms with Crippen molar-refractivity contribution in [3.63, 3.8) is 0 Å². The zero-order valence-corrected chi connectivity index (χ0v) is 20.8. The summed E-state index contributed by atoms with van der Waals surface area (Å²) < 4.78 is 2.11. The molecule has 6 amide bonds. The second kappa shape index (κ2) is 7.22. The van der Waals surface area contributed by atoms with Gasteiger partial charge in [0.1, 0.15) is 0 Å². The molecule has 9 nitrogen and oxygen atoms in total. The first-order valence-corrected chi connectivity index (χ1v) is 12.5. The topological polar surface area (TPSA) is 86.2 Å². The van der Waals surface area contributed by atoms with Crippen molar-refractivity contribution in [2.45, 2.75) is 45.3 Å². The van der Waals surface area contributed by atoms with Gasteiger partial charge in [0.15, 0.2) is 0 Å². The van der Waals surface area contributed by atoms with E-state index in [0.717, 1.165) is 10.9 Å². The molecule has 3 saturated heterocycles. The van der Waals surface area contributed by atoms with Gasteiger partial charge in [-0.25, -0.2) is 9.59 Å².